The summed E-state index contributed by atoms with van der Waals surface area (Å²) < 4.78 is 5.18. The highest BCUT2D eigenvalue weighted by molar-refractivity contribution is 5.42. The normalized spacial score (nSPS) is 9.64. The van der Waals surface area contributed by atoms with Gasteiger partial charge in [-0.15, -0.1) is 0 Å². The number of hydrogen-bond donors (Lipinski definition) is 1. The first-order valence-electron chi connectivity index (χ1n) is 3.59. The molecule has 1 aromatic rings. The van der Waals surface area contributed by atoms with Crippen LogP contribution in [0.15, 0.2) is 12.1 Å². The minimum absolute atomic E-state index is 0.602. The van der Waals surface area contributed by atoms with Crippen LogP contribution < -0.4 is 10.5 Å². The minimum Gasteiger partial charge on any atom is -0.478 e. The minimum atomic E-state index is 0.602. The Balaban J connectivity index is 2.89. The number of pyridine rings is 1. The molecular formula is C8H12N2O. The van der Waals surface area contributed by atoms with Crippen molar-refractivity contribution in [2.45, 2.75) is 13.8 Å². The van der Waals surface area contributed by atoms with E-state index in [1.54, 1.807) is 6.07 Å². The smallest absolute Gasteiger partial charge is 0.215 e. The molecule has 0 unspecified atom stereocenters. The van der Waals surface area contributed by atoms with Crippen LogP contribution in [0.25, 0.3) is 0 Å². The summed E-state index contributed by atoms with van der Waals surface area (Å²) in [5, 5.41) is 0. The first-order valence-corrected chi connectivity index (χ1v) is 3.59. The van der Waals surface area contributed by atoms with E-state index in [4.69, 9.17) is 10.5 Å². The Morgan fingerprint density at radius 2 is 2.27 bits per heavy atom. The summed E-state index contributed by atoms with van der Waals surface area (Å²) in [5.41, 5.74) is 7.15. The van der Waals surface area contributed by atoms with Crippen molar-refractivity contribution in [3.63, 3.8) is 0 Å². The summed E-state index contributed by atoms with van der Waals surface area (Å²) in [4.78, 5) is 4.12. The summed E-state index contributed by atoms with van der Waals surface area (Å²) in [7, 11) is 0. The predicted octanol–water partition coefficient (Wildman–Crippen LogP) is 1.37. The number of nitrogens with zero attached hydrogens (tertiary/aromatic N) is 1. The Morgan fingerprint density at radius 3 is 2.82 bits per heavy atom. The average molecular weight is 152 g/mol. The molecule has 0 aliphatic rings. The van der Waals surface area contributed by atoms with E-state index < -0.39 is 0 Å². The van der Waals surface area contributed by atoms with Crippen LogP contribution in [-0.2, 0) is 0 Å². The molecule has 0 radical (unpaired) electrons. The zero-order chi connectivity index (χ0) is 8.27. The van der Waals surface area contributed by atoms with Gasteiger partial charge in [0.2, 0.25) is 5.88 Å². The number of aryl methyl sites for hydroxylation is 1. The average Bonchev–Trinajstić information content (AvgIpc) is 1.85. The zero-order valence-corrected chi connectivity index (χ0v) is 6.79. The standard InChI is InChI=1S/C8H12N2O/c1-3-11-8-5-7(9)4-6(2)10-8/h4-5H,3H2,1-2H3,(H2,9,10). The molecule has 3 nitrogen and oxygen atoms in total. The molecule has 0 fully saturated rings. The van der Waals surface area contributed by atoms with Crippen LogP contribution in [0, 0.1) is 6.92 Å². The lowest BCUT2D eigenvalue weighted by Crippen LogP contribution is -1.97. The molecular weight excluding hydrogens is 140 g/mol. The van der Waals surface area contributed by atoms with Gasteiger partial charge in [0.1, 0.15) is 0 Å². The fourth-order valence-corrected chi connectivity index (χ4v) is 0.886. The number of ether oxygens (including phenoxy) is 1. The van der Waals surface area contributed by atoms with Gasteiger partial charge in [0.15, 0.2) is 0 Å². The Morgan fingerprint density at radius 1 is 1.55 bits per heavy atom. The van der Waals surface area contributed by atoms with Gasteiger partial charge in [-0.1, -0.05) is 0 Å². The maximum atomic E-state index is 5.57. The molecule has 1 rings (SSSR count). The number of rotatable bonds is 2. The third kappa shape index (κ3) is 2.11. The number of aromatic nitrogens is 1. The molecule has 0 amide bonds. The van der Waals surface area contributed by atoms with Gasteiger partial charge < -0.3 is 10.5 Å². The molecule has 60 valence electrons. The molecule has 0 saturated carbocycles. The highest BCUT2D eigenvalue weighted by atomic mass is 16.5. The Labute approximate surface area is 66.2 Å². The van der Waals surface area contributed by atoms with Crippen molar-refractivity contribution in [1.29, 1.82) is 0 Å². The van der Waals surface area contributed by atoms with Crippen LogP contribution in [0.5, 0.6) is 5.88 Å². The summed E-state index contributed by atoms with van der Waals surface area (Å²) in [6, 6.07) is 3.53. The fourth-order valence-electron chi connectivity index (χ4n) is 0.886. The van der Waals surface area contributed by atoms with E-state index in [-0.39, 0.29) is 0 Å². The van der Waals surface area contributed by atoms with E-state index >= 15 is 0 Å². The van der Waals surface area contributed by atoms with Gasteiger partial charge >= 0.3 is 0 Å². The van der Waals surface area contributed by atoms with Gasteiger partial charge in [0.05, 0.1) is 6.61 Å². The Hall–Kier alpha value is -1.25. The van der Waals surface area contributed by atoms with E-state index in [1.807, 2.05) is 19.9 Å². The molecule has 0 aliphatic carbocycles. The van der Waals surface area contributed by atoms with Crippen molar-refractivity contribution in [2.75, 3.05) is 12.3 Å². The molecule has 3 heteroatoms. The van der Waals surface area contributed by atoms with E-state index in [0.29, 0.717) is 18.2 Å². The number of hydrogen-bond acceptors (Lipinski definition) is 3. The first kappa shape index (κ1) is 7.85. The molecule has 0 aromatic carbocycles. The largest absolute Gasteiger partial charge is 0.478 e. The quantitative estimate of drug-likeness (QED) is 0.696. The first-order chi connectivity index (χ1) is 5.22. The molecule has 11 heavy (non-hydrogen) atoms. The second-order valence-electron chi connectivity index (χ2n) is 2.31. The Kier molecular flexibility index (Phi) is 2.31. The molecule has 0 aliphatic heterocycles. The lowest BCUT2D eigenvalue weighted by molar-refractivity contribution is 0.326. The van der Waals surface area contributed by atoms with Crippen LogP contribution in [0.4, 0.5) is 5.69 Å². The van der Waals surface area contributed by atoms with Crippen LogP contribution in [-0.4, -0.2) is 11.6 Å². The number of anilines is 1. The van der Waals surface area contributed by atoms with Crippen LogP contribution in [0.3, 0.4) is 0 Å². The summed E-state index contributed by atoms with van der Waals surface area (Å²) in [6.45, 7) is 4.43. The molecule has 1 aromatic heterocycles. The Bertz CT molecular complexity index is 228. The summed E-state index contributed by atoms with van der Waals surface area (Å²) in [5.74, 6) is 0.602. The predicted molar refractivity (Wildman–Crippen MR) is 44.6 cm³/mol. The van der Waals surface area contributed by atoms with Gasteiger partial charge in [-0.2, -0.15) is 0 Å². The highest BCUT2D eigenvalue weighted by Crippen LogP contribution is 2.13. The molecule has 0 spiro atoms. The maximum absolute atomic E-state index is 5.57. The van der Waals surface area contributed by atoms with Crippen LogP contribution in [0.1, 0.15) is 12.6 Å². The second-order valence-corrected chi connectivity index (χ2v) is 2.31. The van der Waals surface area contributed by atoms with Gasteiger partial charge in [0.25, 0.3) is 0 Å². The van der Waals surface area contributed by atoms with Crippen LogP contribution in [0.2, 0.25) is 0 Å². The third-order valence-corrected chi connectivity index (χ3v) is 1.24. The van der Waals surface area contributed by atoms with E-state index in [2.05, 4.69) is 4.98 Å². The zero-order valence-electron chi connectivity index (χ0n) is 6.79. The molecule has 0 bridgehead atoms. The van der Waals surface area contributed by atoms with Crippen molar-refractivity contribution in [1.82, 2.24) is 4.98 Å². The topological polar surface area (TPSA) is 48.1 Å². The van der Waals surface area contributed by atoms with Crippen molar-refractivity contribution in [3.05, 3.63) is 17.8 Å². The third-order valence-electron chi connectivity index (χ3n) is 1.24. The van der Waals surface area contributed by atoms with Crippen molar-refractivity contribution in [3.8, 4) is 5.88 Å². The van der Waals surface area contributed by atoms with Crippen LogP contribution >= 0.6 is 0 Å². The van der Waals surface area contributed by atoms with Crippen molar-refractivity contribution < 1.29 is 4.74 Å². The highest BCUT2D eigenvalue weighted by Gasteiger charge is 1.96. The van der Waals surface area contributed by atoms with Gasteiger partial charge in [-0.3, -0.25) is 0 Å². The SMILES string of the molecule is CCOc1cc(N)cc(C)n1. The number of nitrogen functional groups attached to an aromatic ring is 1. The number of nitrogens with two attached hydrogens (primary N) is 1. The van der Waals surface area contributed by atoms with E-state index in [9.17, 15) is 0 Å². The molecule has 1 heterocycles. The van der Waals surface area contributed by atoms with E-state index in [1.165, 1.54) is 0 Å². The van der Waals surface area contributed by atoms with Gasteiger partial charge in [-0.25, -0.2) is 4.98 Å². The van der Waals surface area contributed by atoms with Crippen molar-refractivity contribution >= 4 is 5.69 Å². The fraction of sp³-hybridized carbons (Fsp3) is 0.375. The van der Waals surface area contributed by atoms with Crippen molar-refractivity contribution in [2.24, 2.45) is 0 Å². The molecule has 2 N–H and O–H groups in total. The lowest BCUT2D eigenvalue weighted by atomic mass is 10.3. The molecule has 0 saturated heterocycles. The maximum Gasteiger partial charge on any atom is 0.215 e. The van der Waals surface area contributed by atoms with E-state index in [0.717, 1.165) is 5.69 Å². The van der Waals surface area contributed by atoms with Gasteiger partial charge in [-0.05, 0) is 19.9 Å². The molecule has 0 atom stereocenters. The summed E-state index contributed by atoms with van der Waals surface area (Å²) in [6.07, 6.45) is 0. The van der Waals surface area contributed by atoms with Gasteiger partial charge in [0, 0.05) is 17.4 Å². The monoisotopic (exact) mass is 152 g/mol. The summed E-state index contributed by atoms with van der Waals surface area (Å²) >= 11 is 0. The second kappa shape index (κ2) is 3.23. The lowest BCUT2D eigenvalue weighted by Gasteiger charge is -2.03.